The van der Waals surface area contributed by atoms with Gasteiger partial charge in [-0.1, -0.05) is 29.8 Å². The summed E-state index contributed by atoms with van der Waals surface area (Å²) < 4.78 is 34.3. The first kappa shape index (κ1) is 19.6. The second-order valence-electron chi connectivity index (χ2n) is 6.15. The van der Waals surface area contributed by atoms with E-state index in [1.807, 2.05) is 38.1 Å². The molecule has 0 amide bonds. The van der Waals surface area contributed by atoms with E-state index in [9.17, 15) is 8.42 Å². The van der Waals surface area contributed by atoms with Gasteiger partial charge in [0.25, 0.3) is 10.2 Å². The van der Waals surface area contributed by atoms with Gasteiger partial charge in [0.05, 0.1) is 19.3 Å². The van der Waals surface area contributed by atoms with Crippen molar-refractivity contribution in [2.75, 3.05) is 39.9 Å². The molecule has 0 bridgehead atoms. The Balaban J connectivity index is 2.19. The Hall–Kier alpha value is -0.700. The van der Waals surface area contributed by atoms with Crippen LogP contribution in [0.25, 0.3) is 0 Å². The molecule has 1 heterocycles. The van der Waals surface area contributed by atoms with Crippen LogP contribution < -0.4 is 4.72 Å². The van der Waals surface area contributed by atoms with Crippen molar-refractivity contribution in [3.8, 4) is 0 Å². The summed E-state index contributed by atoms with van der Waals surface area (Å²) in [5, 5.41) is 0.644. The molecule has 0 radical (unpaired) electrons. The lowest BCUT2D eigenvalue weighted by Crippen LogP contribution is -2.47. The third-order valence-electron chi connectivity index (χ3n) is 4.32. The maximum absolute atomic E-state index is 12.4. The lowest BCUT2D eigenvalue weighted by molar-refractivity contribution is 0.0171. The van der Waals surface area contributed by atoms with Gasteiger partial charge in [0, 0.05) is 37.7 Å². The van der Waals surface area contributed by atoms with Crippen LogP contribution in [0.15, 0.2) is 24.3 Å². The lowest BCUT2D eigenvalue weighted by Gasteiger charge is -2.35. The quantitative estimate of drug-likeness (QED) is 0.790. The van der Waals surface area contributed by atoms with E-state index in [4.69, 9.17) is 16.3 Å². The summed E-state index contributed by atoms with van der Waals surface area (Å²) in [6.45, 7) is 6.72. The van der Waals surface area contributed by atoms with Gasteiger partial charge in [0.2, 0.25) is 0 Å². The molecule has 1 aromatic carbocycles. The fourth-order valence-electron chi connectivity index (χ4n) is 2.63. The van der Waals surface area contributed by atoms with Crippen molar-refractivity contribution in [3.05, 3.63) is 34.9 Å². The number of halogens is 1. The van der Waals surface area contributed by atoms with Crippen LogP contribution in [-0.2, 0) is 14.9 Å². The predicted octanol–water partition coefficient (Wildman–Crippen LogP) is 1.89. The Morgan fingerprint density at radius 1 is 1.29 bits per heavy atom. The summed E-state index contributed by atoms with van der Waals surface area (Å²) in [4.78, 5) is 2.21. The number of rotatable bonds is 7. The second-order valence-corrected chi connectivity index (χ2v) is 8.37. The van der Waals surface area contributed by atoms with Crippen LogP contribution in [0.3, 0.4) is 0 Å². The van der Waals surface area contributed by atoms with Gasteiger partial charge in [-0.05, 0) is 25.5 Å². The fraction of sp³-hybridized carbons (Fsp3) is 0.625. The van der Waals surface area contributed by atoms with Gasteiger partial charge in [-0.3, -0.25) is 4.90 Å². The van der Waals surface area contributed by atoms with E-state index in [1.54, 1.807) is 7.05 Å². The van der Waals surface area contributed by atoms with Crippen molar-refractivity contribution in [2.24, 2.45) is 0 Å². The molecule has 8 heteroatoms. The van der Waals surface area contributed by atoms with Crippen LogP contribution in [0.5, 0.6) is 0 Å². The standard InChI is InChI=1S/C16H26ClN3O3S/c1-13(2)19(3)24(21,22)18-12-16(20-8-10-23-11-9-20)14-6-4-5-7-15(14)17/h4-7,13,16,18H,8-12H2,1-3H3/t16-/m1/s1. The Bertz CT molecular complexity index is 633. The van der Waals surface area contributed by atoms with Crippen molar-refractivity contribution in [2.45, 2.75) is 25.9 Å². The maximum atomic E-state index is 12.4. The molecule has 1 atom stereocenters. The van der Waals surface area contributed by atoms with Crippen LogP contribution >= 0.6 is 11.6 Å². The predicted molar refractivity (Wildman–Crippen MR) is 96.4 cm³/mol. The van der Waals surface area contributed by atoms with Gasteiger partial charge in [-0.25, -0.2) is 4.72 Å². The van der Waals surface area contributed by atoms with Crippen LogP contribution in [-0.4, -0.2) is 63.6 Å². The summed E-state index contributed by atoms with van der Waals surface area (Å²) in [5.41, 5.74) is 0.927. The van der Waals surface area contributed by atoms with Crippen molar-refractivity contribution < 1.29 is 13.2 Å². The van der Waals surface area contributed by atoms with E-state index in [0.29, 0.717) is 18.2 Å². The highest BCUT2D eigenvalue weighted by Crippen LogP contribution is 2.28. The number of ether oxygens (including phenoxy) is 1. The summed E-state index contributed by atoms with van der Waals surface area (Å²) in [5.74, 6) is 0. The zero-order chi connectivity index (χ0) is 17.7. The topological polar surface area (TPSA) is 61.9 Å². The minimum atomic E-state index is -3.53. The highest BCUT2D eigenvalue weighted by atomic mass is 35.5. The highest BCUT2D eigenvalue weighted by molar-refractivity contribution is 7.87. The van der Waals surface area contributed by atoms with E-state index < -0.39 is 10.2 Å². The molecular formula is C16H26ClN3O3S. The average Bonchev–Trinajstić information content (AvgIpc) is 2.56. The summed E-state index contributed by atoms with van der Waals surface area (Å²) in [6.07, 6.45) is 0. The molecule has 24 heavy (non-hydrogen) atoms. The molecule has 1 saturated heterocycles. The first-order chi connectivity index (χ1) is 11.3. The zero-order valence-corrected chi connectivity index (χ0v) is 16.0. The third kappa shape index (κ3) is 4.91. The molecule has 0 aliphatic carbocycles. The van der Waals surface area contributed by atoms with Gasteiger partial charge in [-0.2, -0.15) is 12.7 Å². The number of morpholine rings is 1. The zero-order valence-electron chi connectivity index (χ0n) is 14.4. The van der Waals surface area contributed by atoms with Gasteiger partial charge in [-0.15, -0.1) is 0 Å². The molecule has 1 N–H and O–H groups in total. The van der Waals surface area contributed by atoms with E-state index in [1.165, 1.54) is 4.31 Å². The molecule has 0 unspecified atom stereocenters. The SMILES string of the molecule is CC(C)N(C)S(=O)(=O)NC[C@H](c1ccccc1Cl)N1CCOCC1. The van der Waals surface area contributed by atoms with Gasteiger partial charge in [0.1, 0.15) is 0 Å². The minimum absolute atomic E-state index is 0.107. The fourth-order valence-corrected chi connectivity index (χ4v) is 4.02. The monoisotopic (exact) mass is 375 g/mol. The first-order valence-electron chi connectivity index (χ1n) is 8.11. The summed E-state index contributed by atoms with van der Waals surface area (Å²) >= 11 is 6.36. The number of nitrogens with one attached hydrogen (secondary N) is 1. The Morgan fingerprint density at radius 3 is 2.50 bits per heavy atom. The van der Waals surface area contributed by atoms with Gasteiger partial charge < -0.3 is 4.74 Å². The van der Waals surface area contributed by atoms with Gasteiger partial charge in [0.15, 0.2) is 0 Å². The average molecular weight is 376 g/mol. The van der Waals surface area contributed by atoms with Crippen LogP contribution in [0.2, 0.25) is 5.02 Å². The normalized spacial score (nSPS) is 18.2. The summed E-state index contributed by atoms with van der Waals surface area (Å²) in [7, 11) is -1.96. The maximum Gasteiger partial charge on any atom is 0.279 e. The van der Waals surface area contributed by atoms with Crippen LogP contribution in [0, 0.1) is 0 Å². The second kappa shape index (κ2) is 8.60. The number of nitrogens with zero attached hydrogens (tertiary/aromatic N) is 2. The van der Waals surface area contributed by atoms with Gasteiger partial charge >= 0.3 is 0 Å². The van der Waals surface area contributed by atoms with Crippen LogP contribution in [0.1, 0.15) is 25.5 Å². The molecule has 1 aromatic rings. The Morgan fingerprint density at radius 2 is 1.92 bits per heavy atom. The van der Waals surface area contributed by atoms with Crippen molar-refractivity contribution in [3.63, 3.8) is 0 Å². The molecule has 6 nitrogen and oxygen atoms in total. The summed E-state index contributed by atoms with van der Waals surface area (Å²) in [6, 6.07) is 7.34. The number of hydrogen-bond acceptors (Lipinski definition) is 4. The Kier molecular flexibility index (Phi) is 7.03. The van der Waals surface area contributed by atoms with E-state index in [0.717, 1.165) is 18.7 Å². The molecular weight excluding hydrogens is 350 g/mol. The molecule has 0 aromatic heterocycles. The first-order valence-corrected chi connectivity index (χ1v) is 9.93. The molecule has 1 fully saturated rings. The van der Waals surface area contributed by atoms with Crippen LogP contribution in [0.4, 0.5) is 0 Å². The smallest absolute Gasteiger partial charge is 0.279 e. The van der Waals surface area contributed by atoms with Crippen molar-refractivity contribution in [1.82, 2.24) is 13.9 Å². The number of hydrogen-bond donors (Lipinski definition) is 1. The molecule has 0 saturated carbocycles. The minimum Gasteiger partial charge on any atom is -0.379 e. The number of benzene rings is 1. The highest BCUT2D eigenvalue weighted by Gasteiger charge is 2.27. The largest absolute Gasteiger partial charge is 0.379 e. The molecule has 2 rings (SSSR count). The molecule has 136 valence electrons. The third-order valence-corrected chi connectivity index (χ3v) is 6.37. The van der Waals surface area contributed by atoms with E-state index >= 15 is 0 Å². The van der Waals surface area contributed by atoms with Crippen molar-refractivity contribution in [1.29, 1.82) is 0 Å². The van der Waals surface area contributed by atoms with Crippen molar-refractivity contribution >= 4 is 21.8 Å². The lowest BCUT2D eigenvalue weighted by atomic mass is 10.0. The molecule has 1 aliphatic rings. The van der Waals surface area contributed by atoms with E-state index in [-0.39, 0.29) is 18.6 Å². The van der Waals surface area contributed by atoms with E-state index in [2.05, 4.69) is 9.62 Å². The Labute approximate surface area is 149 Å². The molecule has 0 spiro atoms. The molecule has 1 aliphatic heterocycles.